The molecule has 6 heteroatoms. The molecule has 0 saturated carbocycles. The zero-order valence-corrected chi connectivity index (χ0v) is 12.1. The smallest absolute Gasteiger partial charge is 0.234 e. The lowest BCUT2D eigenvalue weighted by atomic mass is 10.2. The highest BCUT2D eigenvalue weighted by Crippen LogP contribution is 2.06. The van der Waals surface area contributed by atoms with Crippen LogP contribution in [-0.2, 0) is 4.79 Å². The van der Waals surface area contributed by atoms with E-state index in [1.165, 1.54) is 6.26 Å². The Morgan fingerprint density at radius 1 is 1.24 bits per heavy atom. The molecule has 0 bridgehead atoms. The molecule has 114 valence electrons. The molecule has 1 aromatic rings. The molecular formula is C15H21N3O3. The normalized spacial score (nSPS) is 16.6. The second kappa shape index (κ2) is 7.75. The maximum absolute atomic E-state index is 11.9. The van der Waals surface area contributed by atoms with Crippen molar-refractivity contribution in [2.45, 2.75) is 0 Å². The molecule has 0 radical (unpaired) electrons. The van der Waals surface area contributed by atoms with E-state index in [9.17, 15) is 9.59 Å². The van der Waals surface area contributed by atoms with Crippen LogP contribution in [0.1, 0.15) is 10.6 Å². The van der Waals surface area contributed by atoms with Gasteiger partial charge >= 0.3 is 0 Å². The average Bonchev–Trinajstić information content (AvgIpc) is 3.01. The summed E-state index contributed by atoms with van der Waals surface area (Å²) < 4.78 is 5.10. The highest BCUT2D eigenvalue weighted by molar-refractivity contribution is 5.95. The standard InChI is InChI=1S/C15H21N3O3/c1-2-5-16-15(20)12-18-8-6-17(7-9-18)11-13(19)14-4-3-10-21-14/h2-4,10H,1,5-9,11-12H2,(H,16,20). The number of carbonyl (C=O) groups excluding carboxylic acids is 2. The van der Waals surface area contributed by atoms with Crippen LogP contribution in [0, 0.1) is 0 Å². The minimum Gasteiger partial charge on any atom is -0.461 e. The summed E-state index contributed by atoms with van der Waals surface area (Å²) in [6.45, 7) is 7.95. The molecule has 0 unspecified atom stereocenters. The Hall–Kier alpha value is -1.92. The minimum absolute atomic E-state index is 0.00261. The Labute approximate surface area is 124 Å². The van der Waals surface area contributed by atoms with Gasteiger partial charge in [0.15, 0.2) is 5.76 Å². The minimum atomic E-state index is -0.00261. The van der Waals surface area contributed by atoms with Gasteiger partial charge in [0.2, 0.25) is 11.7 Å². The zero-order chi connectivity index (χ0) is 15.1. The molecule has 1 saturated heterocycles. The Bertz CT molecular complexity index is 476. The predicted octanol–water partition coefficient (Wildman–Crippen LogP) is 0.382. The third kappa shape index (κ3) is 4.84. The number of Topliss-reactive ketones (excluding diaryl/α,β-unsaturated/α-hetero) is 1. The molecule has 0 aromatic carbocycles. The number of piperazine rings is 1. The lowest BCUT2D eigenvalue weighted by molar-refractivity contribution is -0.122. The van der Waals surface area contributed by atoms with Crippen LogP contribution in [0.4, 0.5) is 0 Å². The van der Waals surface area contributed by atoms with E-state index in [2.05, 4.69) is 21.7 Å². The van der Waals surface area contributed by atoms with E-state index in [-0.39, 0.29) is 11.7 Å². The van der Waals surface area contributed by atoms with Crippen molar-refractivity contribution in [1.29, 1.82) is 0 Å². The number of amides is 1. The second-order valence-corrected chi connectivity index (χ2v) is 5.05. The van der Waals surface area contributed by atoms with Crippen LogP contribution in [-0.4, -0.2) is 67.3 Å². The Balaban J connectivity index is 1.69. The van der Waals surface area contributed by atoms with Crippen LogP contribution >= 0.6 is 0 Å². The van der Waals surface area contributed by atoms with Crippen molar-refractivity contribution >= 4 is 11.7 Å². The molecule has 0 aliphatic carbocycles. The first-order valence-electron chi connectivity index (χ1n) is 7.08. The first kappa shape index (κ1) is 15.5. The van der Waals surface area contributed by atoms with Gasteiger partial charge in [-0.1, -0.05) is 6.08 Å². The monoisotopic (exact) mass is 291 g/mol. The second-order valence-electron chi connectivity index (χ2n) is 5.05. The van der Waals surface area contributed by atoms with Gasteiger partial charge in [-0.2, -0.15) is 0 Å². The molecule has 1 aromatic heterocycles. The summed E-state index contributed by atoms with van der Waals surface area (Å²) in [5.41, 5.74) is 0. The summed E-state index contributed by atoms with van der Waals surface area (Å²) in [7, 11) is 0. The van der Waals surface area contributed by atoms with E-state index < -0.39 is 0 Å². The van der Waals surface area contributed by atoms with Gasteiger partial charge < -0.3 is 9.73 Å². The van der Waals surface area contributed by atoms with Gasteiger partial charge in [0.25, 0.3) is 0 Å². The number of hydrogen-bond acceptors (Lipinski definition) is 5. The molecule has 0 spiro atoms. The number of furan rings is 1. The summed E-state index contributed by atoms with van der Waals surface area (Å²) in [4.78, 5) is 27.7. The number of nitrogens with zero attached hydrogens (tertiary/aromatic N) is 2. The number of rotatable bonds is 7. The van der Waals surface area contributed by atoms with Gasteiger partial charge in [-0.25, -0.2) is 0 Å². The van der Waals surface area contributed by atoms with E-state index in [0.29, 0.717) is 25.4 Å². The van der Waals surface area contributed by atoms with Crippen molar-refractivity contribution in [2.24, 2.45) is 0 Å². The third-order valence-corrected chi connectivity index (χ3v) is 3.44. The number of hydrogen-bond donors (Lipinski definition) is 1. The molecule has 1 aliphatic rings. The average molecular weight is 291 g/mol. The molecule has 21 heavy (non-hydrogen) atoms. The largest absolute Gasteiger partial charge is 0.461 e. The van der Waals surface area contributed by atoms with E-state index in [4.69, 9.17) is 4.42 Å². The predicted molar refractivity (Wildman–Crippen MR) is 79.1 cm³/mol. The summed E-state index contributed by atoms with van der Waals surface area (Å²) >= 11 is 0. The molecule has 0 atom stereocenters. The molecule has 6 nitrogen and oxygen atoms in total. The van der Waals surface area contributed by atoms with Crippen LogP contribution in [0.2, 0.25) is 0 Å². The SMILES string of the molecule is C=CCNC(=O)CN1CCN(CC(=O)c2ccco2)CC1. The Morgan fingerprint density at radius 3 is 2.48 bits per heavy atom. The number of nitrogens with one attached hydrogen (secondary N) is 1. The van der Waals surface area contributed by atoms with Crippen molar-refractivity contribution in [2.75, 3.05) is 45.8 Å². The Morgan fingerprint density at radius 2 is 1.90 bits per heavy atom. The van der Waals surface area contributed by atoms with Crippen LogP contribution in [0.3, 0.4) is 0 Å². The van der Waals surface area contributed by atoms with E-state index >= 15 is 0 Å². The van der Waals surface area contributed by atoms with Crippen LogP contribution in [0.25, 0.3) is 0 Å². The van der Waals surface area contributed by atoms with Gasteiger partial charge in [-0.05, 0) is 12.1 Å². The molecule has 1 amide bonds. The summed E-state index contributed by atoms with van der Waals surface area (Å²) in [6, 6.07) is 3.40. The van der Waals surface area contributed by atoms with Crippen LogP contribution in [0.5, 0.6) is 0 Å². The summed E-state index contributed by atoms with van der Waals surface area (Å²) in [5.74, 6) is 0.411. The highest BCUT2D eigenvalue weighted by atomic mass is 16.3. The lowest BCUT2D eigenvalue weighted by Crippen LogP contribution is -2.50. The third-order valence-electron chi connectivity index (χ3n) is 3.44. The van der Waals surface area contributed by atoms with Crippen LogP contribution < -0.4 is 5.32 Å². The van der Waals surface area contributed by atoms with E-state index in [1.807, 2.05) is 0 Å². The first-order chi connectivity index (χ1) is 10.2. The number of carbonyl (C=O) groups is 2. The van der Waals surface area contributed by atoms with Gasteiger partial charge in [0.1, 0.15) is 0 Å². The molecule has 1 N–H and O–H groups in total. The number of ketones is 1. The quantitative estimate of drug-likeness (QED) is 0.581. The lowest BCUT2D eigenvalue weighted by Gasteiger charge is -2.33. The van der Waals surface area contributed by atoms with Crippen molar-refractivity contribution < 1.29 is 14.0 Å². The van der Waals surface area contributed by atoms with Crippen LogP contribution in [0.15, 0.2) is 35.5 Å². The summed E-state index contributed by atoms with van der Waals surface area (Å²) in [5, 5.41) is 2.76. The van der Waals surface area contributed by atoms with Gasteiger partial charge in [-0.3, -0.25) is 19.4 Å². The Kier molecular flexibility index (Phi) is 5.71. The van der Waals surface area contributed by atoms with Crippen molar-refractivity contribution in [3.63, 3.8) is 0 Å². The van der Waals surface area contributed by atoms with E-state index in [0.717, 1.165) is 26.2 Å². The highest BCUT2D eigenvalue weighted by Gasteiger charge is 2.21. The maximum Gasteiger partial charge on any atom is 0.234 e. The zero-order valence-electron chi connectivity index (χ0n) is 12.1. The molecule has 1 fully saturated rings. The van der Waals surface area contributed by atoms with E-state index in [1.54, 1.807) is 18.2 Å². The fourth-order valence-corrected chi connectivity index (χ4v) is 2.27. The molecule has 1 aliphatic heterocycles. The molecule has 2 rings (SSSR count). The maximum atomic E-state index is 11.9. The molecular weight excluding hydrogens is 270 g/mol. The van der Waals surface area contributed by atoms with Crippen molar-refractivity contribution in [3.8, 4) is 0 Å². The van der Waals surface area contributed by atoms with Gasteiger partial charge in [0.05, 0.1) is 19.4 Å². The molecule has 2 heterocycles. The van der Waals surface area contributed by atoms with Gasteiger partial charge in [0, 0.05) is 32.7 Å². The van der Waals surface area contributed by atoms with Gasteiger partial charge in [-0.15, -0.1) is 6.58 Å². The topological polar surface area (TPSA) is 65.8 Å². The fraction of sp³-hybridized carbons (Fsp3) is 0.467. The fourth-order valence-electron chi connectivity index (χ4n) is 2.27. The van der Waals surface area contributed by atoms with Crippen molar-refractivity contribution in [1.82, 2.24) is 15.1 Å². The summed E-state index contributed by atoms with van der Waals surface area (Å²) in [6.07, 6.45) is 3.17. The first-order valence-corrected chi connectivity index (χ1v) is 7.08. The van der Waals surface area contributed by atoms with Crippen molar-refractivity contribution in [3.05, 3.63) is 36.8 Å².